The van der Waals surface area contributed by atoms with Crippen LogP contribution in [0.4, 0.5) is 0 Å². The monoisotopic (exact) mass is 314 g/mol. The fourth-order valence-corrected chi connectivity index (χ4v) is 5.33. The Hall–Kier alpha value is -1.44. The summed E-state index contributed by atoms with van der Waals surface area (Å²) in [4.78, 5) is 0. The third-order valence-corrected chi connectivity index (χ3v) is 7.23. The van der Waals surface area contributed by atoms with Crippen LogP contribution in [0.5, 0.6) is 11.5 Å². The van der Waals surface area contributed by atoms with Crippen molar-refractivity contribution in [3.63, 3.8) is 0 Å². The van der Waals surface area contributed by atoms with E-state index in [4.69, 9.17) is 0 Å². The molecule has 0 radical (unpaired) electrons. The molecule has 0 heterocycles. The van der Waals surface area contributed by atoms with Crippen LogP contribution in [-0.4, -0.2) is 10.2 Å². The van der Waals surface area contributed by atoms with Crippen LogP contribution in [0, 0.1) is 22.7 Å². The summed E-state index contributed by atoms with van der Waals surface area (Å²) in [6, 6.07) is 4.92. The number of phenols is 2. The van der Waals surface area contributed by atoms with Gasteiger partial charge >= 0.3 is 0 Å². The van der Waals surface area contributed by atoms with Crippen molar-refractivity contribution in [2.24, 2.45) is 22.7 Å². The molecule has 0 amide bonds. The third-order valence-electron chi connectivity index (χ3n) is 7.23. The molecule has 2 aliphatic carbocycles. The molecular formula is C21H30O2. The molecule has 23 heavy (non-hydrogen) atoms. The van der Waals surface area contributed by atoms with Crippen LogP contribution in [0.1, 0.15) is 58.9 Å². The van der Waals surface area contributed by atoms with E-state index in [0.717, 1.165) is 12.0 Å². The highest BCUT2D eigenvalue weighted by Gasteiger charge is 2.53. The molecule has 4 atom stereocenters. The maximum atomic E-state index is 10.3. The molecule has 0 aromatic heterocycles. The molecule has 2 N–H and O–H groups in total. The summed E-state index contributed by atoms with van der Waals surface area (Å²) in [7, 11) is 0. The van der Waals surface area contributed by atoms with Crippen LogP contribution in [0.2, 0.25) is 0 Å². The summed E-state index contributed by atoms with van der Waals surface area (Å²) in [5.41, 5.74) is 2.86. The Morgan fingerprint density at radius 1 is 1.17 bits per heavy atom. The van der Waals surface area contributed by atoms with E-state index in [1.54, 1.807) is 23.8 Å². The first-order valence-electron chi connectivity index (χ1n) is 8.95. The Labute approximate surface area is 140 Å². The van der Waals surface area contributed by atoms with Crippen LogP contribution in [0.3, 0.4) is 0 Å². The van der Waals surface area contributed by atoms with E-state index < -0.39 is 0 Å². The number of benzene rings is 1. The number of phenolic OH excluding ortho intramolecular Hbond substituents is 2. The van der Waals surface area contributed by atoms with Gasteiger partial charge in [-0.25, -0.2) is 0 Å². The van der Waals surface area contributed by atoms with Crippen molar-refractivity contribution in [1.29, 1.82) is 0 Å². The summed E-state index contributed by atoms with van der Waals surface area (Å²) >= 11 is 0. The Morgan fingerprint density at radius 2 is 1.91 bits per heavy atom. The highest BCUT2D eigenvalue weighted by atomic mass is 16.3. The third kappa shape index (κ3) is 2.56. The predicted molar refractivity (Wildman–Crippen MR) is 94.6 cm³/mol. The van der Waals surface area contributed by atoms with Crippen molar-refractivity contribution in [1.82, 2.24) is 0 Å². The average Bonchev–Trinajstić information content (AvgIpc) is 2.50. The zero-order valence-corrected chi connectivity index (χ0v) is 14.9. The van der Waals surface area contributed by atoms with E-state index in [-0.39, 0.29) is 16.6 Å². The van der Waals surface area contributed by atoms with Crippen molar-refractivity contribution >= 4 is 0 Å². The SMILES string of the molecule is CC1=CCC[C@@H]2[C@@](C)(Cc3cc(O)ccc3O)[C@H](C)CC[C@@]12C. The Bertz CT molecular complexity index is 633. The largest absolute Gasteiger partial charge is 0.508 e. The first kappa shape index (κ1) is 16.4. The lowest BCUT2D eigenvalue weighted by molar-refractivity contribution is -0.0412. The van der Waals surface area contributed by atoms with Crippen molar-refractivity contribution in [3.8, 4) is 11.5 Å². The van der Waals surface area contributed by atoms with Gasteiger partial charge in [0.05, 0.1) is 0 Å². The first-order valence-corrected chi connectivity index (χ1v) is 8.95. The number of allylic oxidation sites excluding steroid dienone is 2. The molecule has 0 bridgehead atoms. The van der Waals surface area contributed by atoms with E-state index in [0.29, 0.717) is 17.6 Å². The lowest BCUT2D eigenvalue weighted by Crippen LogP contribution is -2.50. The van der Waals surface area contributed by atoms with Gasteiger partial charge in [0.1, 0.15) is 11.5 Å². The zero-order chi connectivity index (χ0) is 16.8. The minimum absolute atomic E-state index is 0.147. The van der Waals surface area contributed by atoms with Crippen LogP contribution < -0.4 is 0 Å². The van der Waals surface area contributed by atoms with Gasteiger partial charge in [-0.3, -0.25) is 0 Å². The van der Waals surface area contributed by atoms with Crippen LogP contribution in [0.25, 0.3) is 0 Å². The van der Waals surface area contributed by atoms with Gasteiger partial charge in [0.25, 0.3) is 0 Å². The topological polar surface area (TPSA) is 40.5 Å². The Morgan fingerprint density at radius 3 is 2.65 bits per heavy atom. The summed E-state index contributed by atoms with van der Waals surface area (Å²) in [6.45, 7) is 9.51. The van der Waals surface area contributed by atoms with E-state index >= 15 is 0 Å². The second-order valence-electron chi connectivity index (χ2n) is 8.37. The standard InChI is InChI=1S/C21H30O2/c1-14-6-5-7-19-20(14,3)11-10-15(2)21(19,4)13-16-12-17(22)8-9-18(16)23/h6,8-9,12,15,19,22-23H,5,7,10-11,13H2,1-4H3/t15-,19+,20+,21+/m1/s1. The first-order chi connectivity index (χ1) is 10.8. The molecule has 3 rings (SSSR count). The van der Waals surface area contributed by atoms with Crippen LogP contribution in [-0.2, 0) is 6.42 Å². The smallest absolute Gasteiger partial charge is 0.119 e. The van der Waals surface area contributed by atoms with E-state index in [1.165, 1.54) is 25.7 Å². The van der Waals surface area contributed by atoms with Crippen LogP contribution >= 0.6 is 0 Å². The van der Waals surface area contributed by atoms with Crippen molar-refractivity contribution in [2.75, 3.05) is 0 Å². The van der Waals surface area contributed by atoms with Crippen LogP contribution in [0.15, 0.2) is 29.8 Å². The molecular weight excluding hydrogens is 284 g/mol. The van der Waals surface area contributed by atoms with E-state index in [1.807, 2.05) is 0 Å². The molecule has 1 aromatic carbocycles. The summed E-state index contributed by atoms with van der Waals surface area (Å²) in [5.74, 6) is 1.80. The molecule has 126 valence electrons. The molecule has 2 nitrogen and oxygen atoms in total. The molecule has 1 aromatic rings. The van der Waals surface area contributed by atoms with Crippen molar-refractivity contribution in [2.45, 2.75) is 59.8 Å². The van der Waals surface area contributed by atoms with E-state index in [9.17, 15) is 10.2 Å². The van der Waals surface area contributed by atoms with Gasteiger partial charge in [-0.1, -0.05) is 32.4 Å². The fraction of sp³-hybridized carbons (Fsp3) is 0.619. The van der Waals surface area contributed by atoms with Gasteiger partial charge in [-0.05, 0) is 85.5 Å². The summed E-state index contributed by atoms with van der Waals surface area (Å²) < 4.78 is 0. The minimum Gasteiger partial charge on any atom is -0.508 e. The maximum absolute atomic E-state index is 10.3. The quantitative estimate of drug-likeness (QED) is 0.564. The van der Waals surface area contributed by atoms with E-state index in [2.05, 4.69) is 33.8 Å². The zero-order valence-electron chi connectivity index (χ0n) is 14.9. The number of fused-ring (bicyclic) bond motifs is 1. The highest BCUT2D eigenvalue weighted by Crippen LogP contribution is 2.61. The van der Waals surface area contributed by atoms with Gasteiger partial charge in [-0.15, -0.1) is 0 Å². The van der Waals surface area contributed by atoms with Gasteiger partial charge in [0.2, 0.25) is 0 Å². The summed E-state index contributed by atoms with van der Waals surface area (Å²) in [5, 5.41) is 20.1. The number of aromatic hydroxyl groups is 2. The van der Waals surface area contributed by atoms with Crippen molar-refractivity contribution < 1.29 is 10.2 Å². The molecule has 2 heteroatoms. The minimum atomic E-state index is 0.147. The van der Waals surface area contributed by atoms with Crippen molar-refractivity contribution in [3.05, 3.63) is 35.4 Å². The molecule has 2 aliphatic rings. The Balaban J connectivity index is 2.00. The van der Waals surface area contributed by atoms with Gasteiger partial charge < -0.3 is 10.2 Å². The predicted octanol–water partition coefficient (Wildman–Crippen LogP) is 5.44. The highest BCUT2D eigenvalue weighted by molar-refractivity contribution is 5.39. The number of hydrogen-bond acceptors (Lipinski definition) is 2. The lowest BCUT2D eigenvalue weighted by Gasteiger charge is -2.58. The number of hydrogen-bond donors (Lipinski definition) is 2. The van der Waals surface area contributed by atoms with Gasteiger partial charge in [-0.2, -0.15) is 0 Å². The maximum Gasteiger partial charge on any atom is 0.119 e. The second kappa shape index (κ2) is 5.58. The summed E-state index contributed by atoms with van der Waals surface area (Å²) in [6.07, 6.45) is 8.16. The lowest BCUT2D eigenvalue weighted by atomic mass is 9.47. The normalized spacial score (nSPS) is 37.1. The van der Waals surface area contributed by atoms with Gasteiger partial charge in [0, 0.05) is 0 Å². The molecule has 1 saturated carbocycles. The molecule has 0 unspecified atom stereocenters. The molecule has 0 aliphatic heterocycles. The molecule has 0 spiro atoms. The number of rotatable bonds is 2. The fourth-order valence-electron chi connectivity index (χ4n) is 5.33. The van der Waals surface area contributed by atoms with Gasteiger partial charge in [0.15, 0.2) is 0 Å². The average molecular weight is 314 g/mol. The molecule has 0 saturated heterocycles. The second-order valence-corrected chi connectivity index (χ2v) is 8.37. The molecule has 1 fully saturated rings. The Kier molecular flexibility index (Phi) is 3.98.